The first-order valence-corrected chi connectivity index (χ1v) is 8.45. The molecular weight excluding hydrogens is 301 g/mol. The van der Waals surface area contributed by atoms with Gasteiger partial charge in [0, 0.05) is 22.7 Å². The number of aromatic nitrogens is 2. The number of fused-ring (bicyclic) bond motifs is 1. The lowest BCUT2D eigenvalue weighted by molar-refractivity contribution is 0.640. The van der Waals surface area contributed by atoms with Crippen LogP contribution < -0.4 is 5.32 Å². The average Bonchev–Trinajstić information content (AvgIpc) is 3.39. The van der Waals surface area contributed by atoms with E-state index >= 15 is 0 Å². The van der Waals surface area contributed by atoms with Crippen molar-refractivity contribution in [3.05, 3.63) is 54.0 Å². The van der Waals surface area contributed by atoms with Crippen LogP contribution in [0.15, 0.2) is 42.5 Å². The zero-order valence-corrected chi connectivity index (χ0v) is 13.9. The number of nitrogens with one attached hydrogen (secondary N) is 1. The van der Waals surface area contributed by atoms with E-state index in [4.69, 9.17) is 4.98 Å². The Balaban J connectivity index is 1.89. The second-order valence-electron chi connectivity index (χ2n) is 6.72. The number of hydrogen-bond donors (Lipinski definition) is 1. The summed E-state index contributed by atoms with van der Waals surface area (Å²) in [5.41, 5.74) is 2.78. The summed E-state index contributed by atoms with van der Waals surface area (Å²) in [5.74, 6) is 0.772. The summed E-state index contributed by atoms with van der Waals surface area (Å²) in [7, 11) is 0. The Hall–Kier alpha value is -2.49. The van der Waals surface area contributed by atoms with Crippen molar-refractivity contribution in [3.63, 3.8) is 0 Å². The maximum Gasteiger partial charge on any atom is 0.223 e. The number of anilines is 1. The first kappa shape index (κ1) is 15.1. The molecule has 3 nitrogen and oxygen atoms in total. The molecule has 24 heavy (non-hydrogen) atoms. The van der Waals surface area contributed by atoms with Crippen LogP contribution in [0.3, 0.4) is 0 Å². The van der Waals surface area contributed by atoms with Crippen LogP contribution in [-0.4, -0.2) is 16.0 Å². The van der Waals surface area contributed by atoms with E-state index < -0.39 is 0 Å². The first-order chi connectivity index (χ1) is 11.6. The van der Waals surface area contributed by atoms with E-state index in [1.165, 1.54) is 18.9 Å². The van der Waals surface area contributed by atoms with Gasteiger partial charge in [-0.05, 0) is 42.3 Å². The minimum Gasteiger partial charge on any atom is -0.351 e. The van der Waals surface area contributed by atoms with Crippen LogP contribution in [-0.2, 0) is 0 Å². The summed E-state index contributed by atoms with van der Waals surface area (Å²) in [6.07, 6.45) is 2.34. The van der Waals surface area contributed by atoms with Gasteiger partial charge in [-0.3, -0.25) is 0 Å². The third-order valence-corrected chi connectivity index (χ3v) is 4.39. The second-order valence-corrected chi connectivity index (χ2v) is 6.72. The van der Waals surface area contributed by atoms with Crippen molar-refractivity contribution in [3.8, 4) is 11.3 Å². The number of nitrogens with zero attached hydrogens (tertiary/aromatic N) is 2. The average molecular weight is 321 g/mol. The summed E-state index contributed by atoms with van der Waals surface area (Å²) in [4.78, 5) is 9.34. The van der Waals surface area contributed by atoms with Gasteiger partial charge in [-0.15, -0.1) is 0 Å². The topological polar surface area (TPSA) is 37.8 Å². The third-order valence-electron chi connectivity index (χ3n) is 4.39. The smallest absolute Gasteiger partial charge is 0.223 e. The van der Waals surface area contributed by atoms with Crippen molar-refractivity contribution >= 4 is 16.7 Å². The molecule has 1 heterocycles. The Morgan fingerprint density at radius 1 is 1.04 bits per heavy atom. The summed E-state index contributed by atoms with van der Waals surface area (Å²) in [6.45, 7) is 4.24. The van der Waals surface area contributed by atoms with Crippen LogP contribution in [0.5, 0.6) is 0 Å². The molecule has 122 valence electrons. The van der Waals surface area contributed by atoms with Gasteiger partial charge in [0.05, 0.1) is 5.69 Å². The van der Waals surface area contributed by atoms with Gasteiger partial charge in [-0.1, -0.05) is 38.1 Å². The maximum atomic E-state index is 14.1. The lowest BCUT2D eigenvalue weighted by Crippen LogP contribution is -2.08. The summed E-state index contributed by atoms with van der Waals surface area (Å²) in [5, 5.41) is 4.88. The van der Waals surface area contributed by atoms with Crippen molar-refractivity contribution < 1.29 is 4.39 Å². The van der Waals surface area contributed by atoms with Crippen LogP contribution in [0.1, 0.15) is 38.3 Å². The molecule has 1 aliphatic rings. The molecule has 1 aliphatic carbocycles. The van der Waals surface area contributed by atoms with E-state index in [1.807, 2.05) is 36.4 Å². The molecule has 2 aromatic carbocycles. The number of benzene rings is 2. The second kappa shape index (κ2) is 5.86. The molecule has 0 unspecified atom stereocenters. The molecule has 0 atom stereocenters. The number of halogens is 1. The van der Waals surface area contributed by atoms with E-state index in [1.54, 1.807) is 0 Å². The van der Waals surface area contributed by atoms with Crippen molar-refractivity contribution in [1.29, 1.82) is 0 Å². The Bertz CT molecular complexity index is 901. The first-order valence-electron chi connectivity index (χ1n) is 8.45. The molecule has 1 saturated carbocycles. The lowest BCUT2D eigenvalue weighted by Gasteiger charge is -2.13. The van der Waals surface area contributed by atoms with Crippen molar-refractivity contribution in [2.24, 2.45) is 0 Å². The van der Waals surface area contributed by atoms with Crippen LogP contribution in [0.2, 0.25) is 0 Å². The summed E-state index contributed by atoms with van der Waals surface area (Å²) < 4.78 is 14.1. The normalized spacial score (nSPS) is 14.3. The lowest BCUT2D eigenvalue weighted by atomic mass is 10.00. The highest BCUT2D eigenvalue weighted by molar-refractivity contribution is 5.96. The van der Waals surface area contributed by atoms with Crippen molar-refractivity contribution in [2.75, 3.05) is 5.32 Å². The van der Waals surface area contributed by atoms with E-state index in [-0.39, 0.29) is 5.82 Å². The molecule has 0 aliphatic heterocycles. The Kier molecular flexibility index (Phi) is 3.68. The largest absolute Gasteiger partial charge is 0.351 e. The molecule has 0 bridgehead atoms. The van der Waals surface area contributed by atoms with Crippen LogP contribution in [0, 0.1) is 5.82 Å². The monoisotopic (exact) mass is 321 g/mol. The molecule has 4 heteroatoms. The molecule has 4 rings (SSSR count). The quantitative estimate of drug-likeness (QED) is 0.723. The SMILES string of the molecule is CC(C)c1cc(-c2ccc(F)c3ccccc23)nc(NC2CC2)n1. The van der Waals surface area contributed by atoms with Gasteiger partial charge in [0.15, 0.2) is 0 Å². The third kappa shape index (κ3) is 2.84. The van der Waals surface area contributed by atoms with Gasteiger partial charge in [0.25, 0.3) is 0 Å². The Morgan fingerprint density at radius 3 is 2.50 bits per heavy atom. The highest BCUT2D eigenvalue weighted by atomic mass is 19.1. The molecule has 0 amide bonds. The number of rotatable bonds is 4. The summed E-state index contributed by atoms with van der Waals surface area (Å²) >= 11 is 0. The van der Waals surface area contributed by atoms with E-state index in [2.05, 4.69) is 24.1 Å². The van der Waals surface area contributed by atoms with Crippen molar-refractivity contribution in [2.45, 2.75) is 38.6 Å². The molecule has 0 saturated heterocycles. The fourth-order valence-corrected chi connectivity index (χ4v) is 2.86. The summed E-state index contributed by atoms with van der Waals surface area (Å²) in [6, 6.07) is 13.4. The van der Waals surface area contributed by atoms with E-state index in [0.29, 0.717) is 23.3 Å². The molecule has 3 aromatic rings. The van der Waals surface area contributed by atoms with Gasteiger partial charge in [-0.2, -0.15) is 0 Å². The van der Waals surface area contributed by atoms with Crippen LogP contribution in [0.4, 0.5) is 10.3 Å². The zero-order chi connectivity index (χ0) is 16.7. The fraction of sp³-hybridized carbons (Fsp3) is 0.300. The number of hydrogen-bond acceptors (Lipinski definition) is 3. The Morgan fingerprint density at radius 2 is 1.79 bits per heavy atom. The van der Waals surface area contributed by atoms with E-state index in [9.17, 15) is 4.39 Å². The predicted molar refractivity (Wildman–Crippen MR) is 95.7 cm³/mol. The molecule has 0 spiro atoms. The van der Waals surface area contributed by atoms with Gasteiger partial charge < -0.3 is 5.32 Å². The molecule has 1 aromatic heterocycles. The van der Waals surface area contributed by atoms with E-state index in [0.717, 1.165) is 22.3 Å². The standard InChI is InChI=1S/C20H20FN3/c1-12(2)18-11-19(24-20(23-18)22-13-7-8-13)16-9-10-17(21)15-6-4-3-5-14(15)16/h3-6,9-13H,7-8H2,1-2H3,(H,22,23,24). The zero-order valence-electron chi connectivity index (χ0n) is 13.9. The van der Waals surface area contributed by atoms with Gasteiger partial charge in [0.1, 0.15) is 5.82 Å². The predicted octanol–water partition coefficient (Wildman–Crippen LogP) is 5.13. The molecular formula is C20H20FN3. The molecule has 0 radical (unpaired) electrons. The fourth-order valence-electron chi connectivity index (χ4n) is 2.86. The molecule has 1 fully saturated rings. The minimum absolute atomic E-state index is 0.205. The minimum atomic E-state index is -0.205. The van der Waals surface area contributed by atoms with Crippen LogP contribution in [0.25, 0.3) is 22.0 Å². The van der Waals surface area contributed by atoms with Gasteiger partial charge >= 0.3 is 0 Å². The highest BCUT2D eigenvalue weighted by Gasteiger charge is 2.23. The van der Waals surface area contributed by atoms with Gasteiger partial charge in [-0.25, -0.2) is 14.4 Å². The van der Waals surface area contributed by atoms with Gasteiger partial charge in [0.2, 0.25) is 5.95 Å². The molecule has 1 N–H and O–H groups in total. The van der Waals surface area contributed by atoms with Crippen molar-refractivity contribution in [1.82, 2.24) is 9.97 Å². The van der Waals surface area contributed by atoms with Crippen LogP contribution >= 0.6 is 0 Å². The highest BCUT2D eigenvalue weighted by Crippen LogP contribution is 2.32. The Labute approximate surface area is 141 Å². The maximum absolute atomic E-state index is 14.1.